The number of unbranched alkanes of at least 4 members (excludes halogenated alkanes) is 2. The molecule has 0 radical (unpaired) electrons. The Hall–Kier alpha value is -1.33. The molecule has 5 heteroatoms. The molecule has 0 spiro atoms. The van der Waals surface area contributed by atoms with Crippen LogP contribution in [-0.4, -0.2) is 31.3 Å². The average molecular weight is 241 g/mol. The number of rotatable bonds is 8. The first-order valence-electron chi connectivity index (χ1n) is 5.76. The Labute approximate surface area is 101 Å². The van der Waals surface area contributed by atoms with E-state index in [0.717, 1.165) is 31.4 Å². The summed E-state index contributed by atoms with van der Waals surface area (Å²) in [6.45, 7) is 1.68. The molecule has 0 aliphatic rings. The van der Waals surface area contributed by atoms with Crippen molar-refractivity contribution in [1.29, 1.82) is 0 Å². The quantitative estimate of drug-likeness (QED) is 0.530. The van der Waals surface area contributed by atoms with Gasteiger partial charge in [0.2, 0.25) is 5.76 Å². The van der Waals surface area contributed by atoms with Gasteiger partial charge in [-0.15, -0.1) is 0 Å². The molecule has 0 fully saturated rings. The molecule has 1 aromatic rings. The van der Waals surface area contributed by atoms with Crippen molar-refractivity contribution in [2.45, 2.75) is 25.8 Å². The second-order valence-electron chi connectivity index (χ2n) is 3.73. The molecule has 0 saturated carbocycles. The standard InChI is InChI=1S/C12H19NO4/c1-16-12(15)11-10(5-8-17-11)9-13-6-3-2-4-7-14/h5,8,13-14H,2-4,6-7,9H2,1H3. The molecule has 5 nitrogen and oxygen atoms in total. The Morgan fingerprint density at radius 3 is 3.00 bits per heavy atom. The van der Waals surface area contributed by atoms with Crippen molar-refractivity contribution >= 4 is 5.97 Å². The van der Waals surface area contributed by atoms with Crippen LogP contribution in [0.1, 0.15) is 35.4 Å². The number of hydrogen-bond donors (Lipinski definition) is 2. The van der Waals surface area contributed by atoms with Gasteiger partial charge >= 0.3 is 5.97 Å². The Balaban J connectivity index is 2.27. The lowest BCUT2D eigenvalue weighted by Crippen LogP contribution is -2.16. The normalized spacial score (nSPS) is 10.5. The van der Waals surface area contributed by atoms with E-state index in [1.54, 1.807) is 6.07 Å². The summed E-state index contributed by atoms with van der Waals surface area (Å²) in [5, 5.41) is 11.8. The van der Waals surface area contributed by atoms with Crippen molar-refractivity contribution in [2.75, 3.05) is 20.3 Å². The maximum atomic E-state index is 11.3. The summed E-state index contributed by atoms with van der Waals surface area (Å²) in [5.41, 5.74) is 0.805. The molecule has 1 aromatic heterocycles. The molecule has 0 aliphatic heterocycles. The van der Waals surface area contributed by atoms with Crippen molar-refractivity contribution < 1.29 is 19.1 Å². The van der Waals surface area contributed by atoms with Crippen molar-refractivity contribution in [3.63, 3.8) is 0 Å². The van der Waals surface area contributed by atoms with Gasteiger partial charge in [0.1, 0.15) is 0 Å². The number of carbonyl (C=O) groups excluding carboxylic acids is 1. The van der Waals surface area contributed by atoms with Gasteiger partial charge in [-0.05, 0) is 31.9 Å². The van der Waals surface area contributed by atoms with Gasteiger partial charge in [0, 0.05) is 18.7 Å². The average Bonchev–Trinajstić information content (AvgIpc) is 2.81. The molecule has 0 saturated heterocycles. The van der Waals surface area contributed by atoms with Crippen LogP contribution in [0.3, 0.4) is 0 Å². The third kappa shape index (κ3) is 4.58. The third-order valence-electron chi connectivity index (χ3n) is 2.44. The van der Waals surface area contributed by atoms with Crippen molar-refractivity contribution in [3.05, 3.63) is 23.7 Å². The fourth-order valence-corrected chi connectivity index (χ4v) is 1.51. The number of methoxy groups -OCH3 is 1. The van der Waals surface area contributed by atoms with Crippen LogP contribution in [0.15, 0.2) is 16.7 Å². The van der Waals surface area contributed by atoms with E-state index < -0.39 is 5.97 Å². The summed E-state index contributed by atoms with van der Waals surface area (Å²) >= 11 is 0. The Bertz CT molecular complexity index is 335. The summed E-state index contributed by atoms with van der Waals surface area (Å²) < 4.78 is 9.67. The highest BCUT2D eigenvalue weighted by atomic mass is 16.5. The van der Waals surface area contributed by atoms with E-state index in [4.69, 9.17) is 9.52 Å². The first-order valence-corrected chi connectivity index (χ1v) is 5.76. The van der Waals surface area contributed by atoms with Crippen molar-refractivity contribution in [1.82, 2.24) is 5.32 Å². The summed E-state index contributed by atoms with van der Waals surface area (Å²) in [7, 11) is 1.33. The molecular weight excluding hydrogens is 222 g/mol. The number of aliphatic hydroxyl groups is 1. The highest BCUT2D eigenvalue weighted by Gasteiger charge is 2.14. The Morgan fingerprint density at radius 1 is 1.47 bits per heavy atom. The molecule has 0 atom stereocenters. The summed E-state index contributed by atoms with van der Waals surface area (Å²) in [6, 6.07) is 1.76. The highest BCUT2D eigenvalue weighted by molar-refractivity contribution is 5.87. The second-order valence-corrected chi connectivity index (χ2v) is 3.73. The lowest BCUT2D eigenvalue weighted by Gasteiger charge is -2.04. The summed E-state index contributed by atoms with van der Waals surface area (Å²) in [4.78, 5) is 11.3. The minimum atomic E-state index is -0.452. The monoisotopic (exact) mass is 241 g/mol. The van der Waals surface area contributed by atoms with Gasteiger partial charge in [-0.2, -0.15) is 0 Å². The van der Waals surface area contributed by atoms with Gasteiger partial charge in [-0.25, -0.2) is 4.79 Å². The van der Waals surface area contributed by atoms with Gasteiger partial charge in [0.25, 0.3) is 0 Å². The topological polar surface area (TPSA) is 71.7 Å². The maximum absolute atomic E-state index is 11.3. The molecule has 0 unspecified atom stereocenters. The Morgan fingerprint density at radius 2 is 2.29 bits per heavy atom. The molecule has 17 heavy (non-hydrogen) atoms. The first-order chi connectivity index (χ1) is 8.29. The zero-order valence-corrected chi connectivity index (χ0v) is 10.1. The van der Waals surface area contributed by atoms with Crippen molar-refractivity contribution in [3.8, 4) is 0 Å². The predicted molar refractivity (Wildman–Crippen MR) is 62.7 cm³/mol. The molecular formula is C12H19NO4. The number of esters is 1. The molecule has 1 rings (SSSR count). The Kier molecular flexibility index (Phi) is 6.35. The minimum absolute atomic E-state index is 0.244. The zero-order chi connectivity index (χ0) is 12.5. The SMILES string of the molecule is COC(=O)c1occc1CNCCCCCO. The fourth-order valence-electron chi connectivity index (χ4n) is 1.51. The number of ether oxygens (including phenoxy) is 1. The van der Waals surface area contributed by atoms with E-state index in [1.165, 1.54) is 13.4 Å². The summed E-state index contributed by atoms with van der Waals surface area (Å²) in [6.07, 6.45) is 4.32. The van der Waals surface area contributed by atoms with E-state index >= 15 is 0 Å². The number of carbonyl (C=O) groups is 1. The van der Waals surface area contributed by atoms with Crippen LogP contribution in [-0.2, 0) is 11.3 Å². The third-order valence-corrected chi connectivity index (χ3v) is 2.44. The lowest BCUT2D eigenvalue weighted by molar-refractivity contribution is 0.0563. The van der Waals surface area contributed by atoms with E-state index in [1.807, 2.05) is 0 Å². The number of nitrogens with one attached hydrogen (secondary N) is 1. The van der Waals surface area contributed by atoms with Crippen LogP contribution in [0, 0.1) is 0 Å². The highest BCUT2D eigenvalue weighted by Crippen LogP contribution is 2.11. The molecule has 0 aliphatic carbocycles. The summed E-state index contributed by atoms with van der Waals surface area (Å²) in [5.74, 6) is -0.192. The number of furan rings is 1. The second kappa shape index (κ2) is 7.86. The molecule has 0 aromatic carbocycles. The molecule has 1 heterocycles. The van der Waals surface area contributed by atoms with Gasteiger partial charge < -0.3 is 19.6 Å². The van der Waals surface area contributed by atoms with Crippen LogP contribution in [0.5, 0.6) is 0 Å². The van der Waals surface area contributed by atoms with E-state index in [-0.39, 0.29) is 12.4 Å². The fraction of sp³-hybridized carbons (Fsp3) is 0.583. The largest absolute Gasteiger partial charge is 0.463 e. The molecule has 96 valence electrons. The van der Waals surface area contributed by atoms with Gasteiger partial charge in [-0.1, -0.05) is 0 Å². The van der Waals surface area contributed by atoms with E-state index in [2.05, 4.69) is 10.1 Å². The number of aliphatic hydroxyl groups excluding tert-OH is 1. The van der Waals surface area contributed by atoms with Crippen LogP contribution in [0.4, 0.5) is 0 Å². The zero-order valence-electron chi connectivity index (χ0n) is 10.1. The smallest absolute Gasteiger partial charge is 0.374 e. The molecule has 2 N–H and O–H groups in total. The van der Waals surface area contributed by atoms with Crippen molar-refractivity contribution in [2.24, 2.45) is 0 Å². The predicted octanol–water partition coefficient (Wildman–Crippen LogP) is 1.32. The van der Waals surface area contributed by atoms with E-state index in [9.17, 15) is 4.79 Å². The first kappa shape index (κ1) is 13.7. The number of hydrogen-bond acceptors (Lipinski definition) is 5. The minimum Gasteiger partial charge on any atom is -0.463 e. The maximum Gasteiger partial charge on any atom is 0.374 e. The molecule has 0 amide bonds. The van der Waals surface area contributed by atoms with Gasteiger partial charge in [0.05, 0.1) is 13.4 Å². The molecule has 0 bridgehead atoms. The van der Waals surface area contributed by atoms with E-state index in [0.29, 0.717) is 6.54 Å². The van der Waals surface area contributed by atoms with Crippen LogP contribution in [0.2, 0.25) is 0 Å². The van der Waals surface area contributed by atoms with Crippen LogP contribution >= 0.6 is 0 Å². The van der Waals surface area contributed by atoms with Gasteiger partial charge in [-0.3, -0.25) is 0 Å². The van der Waals surface area contributed by atoms with Crippen LogP contribution < -0.4 is 5.32 Å². The van der Waals surface area contributed by atoms with Gasteiger partial charge in [0.15, 0.2) is 0 Å². The van der Waals surface area contributed by atoms with Crippen LogP contribution in [0.25, 0.3) is 0 Å². The lowest BCUT2D eigenvalue weighted by atomic mass is 10.2.